The molecule has 7 heteroatoms. The maximum absolute atomic E-state index is 11.8. The Morgan fingerprint density at radius 2 is 2.14 bits per heavy atom. The van der Waals surface area contributed by atoms with Gasteiger partial charge in [-0.2, -0.15) is 4.98 Å². The van der Waals surface area contributed by atoms with Gasteiger partial charge in [0.05, 0.1) is 6.61 Å². The molecule has 0 radical (unpaired) electrons. The van der Waals surface area contributed by atoms with Crippen molar-refractivity contribution in [2.75, 3.05) is 12.3 Å². The summed E-state index contributed by atoms with van der Waals surface area (Å²) in [5, 5.41) is 0. The van der Waals surface area contributed by atoms with Crippen molar-refractivity contribution in [3.05, 3.63) is 34.6 Å². The van der Waals surface area contributed by atoms with Crippen LogP contribution in [0, 0.1) is 0 Å². The third-order valence-electron chi connectivity index (χ3n) is 2.96. The highest BCUT2D eigenvalue weighted by molar-refractivity contribution is 5.76. The Morgan fingerprint density at radius 1 is 1.29 bits per heavy atom. The van der Waals surface area contributed by atoms with Crippen molar-refractivity contribution in [2.45, 2.75) is 13.3 Å². The molecule has 0 aliphatic rings. The summed E-state index contributed by atoms with van der Waals surface area (Å²) < 4.78 is 5.59. The SMILES string of the molecule is CCCOc1cccc(-c2nc3nc(N)[nH]c(=O)c3[nH]2)c1. The van der Waals surface area contributed by atoms with Crippen LogP contribution < -0.4 is 16.0 Å². The van der Waals surface area contributed by atoms with Crippen molar-refractivity contribution in [2.24, 2.45) is 0 Å². The van der Waals surface area contributed by atoms with Crippen LogP contribution in [0.2, 0.25) is 0 Å². The minimum Gasteiger partial charge on any atom is -0.494 e. The number of ether oxygens (including phenoxy) is 1. The van der Waals surface area contributed by atoms with Gasteiger partial charge in [-0.15, -0.1) is 0 Å². The van der Waals surface area contributed by atoms with Crippen molar-refractivity contribution >= 4 is 17.1 Å². The Hall–Kier alpha value is -2.83. The standard InChI is InChI=1S/C14H15N5O2/c1-2-6-21-9-5-3-4-8(7-9)11-16-10-12(17-11)18-14(15)19-13(10)20/h3-5,7H,2,6H2,1H3,(H4,15,16,17,18,19,20). The molecule has 0 amide bonds. The van der Waals surface area contributed by atoms with Gasteiger partial charge in [0.25, 0.3) is 5.56 Å². The molecule has 0 aliphatic carbocycles. The molecular weight excluding hydrogens is 270 g/mol. The highest BCUT2D eigenvalue weighted by Gasteiger charge is 2.10. The van der Waals surface area contributed by atoms with E-state index in [-0.39, 0.29) is 11.5 Å². The summed E-state index contributed by atoms with van der Waals surface area (Å²) in [5.74, 6) is 1.36. The van der Waals surface area contributed by atoms with Crippen LogP contribution in [-0.2, 0) is 0 Å². The van der Waals surface area contributed by atoms with Crippen molar-refractivity contribution in [3.8, 4) is 17.1 Å². The predicted octanol–water partition coefficient (Wildman–Crippen LogP) is 1.68. The summed E-state index contributed by atoms with van der Waals surface area (Å²) >= 11 is 0. The highest BCUT2D eigenvalue weighted by Crippen LogP contribution is 2.22. The summed E-state index contributed by atoms with van der Waals surface area (Å²) in [6.07, 6.45) is 0.938. The normalized spacial score (nSPS) is 10.9. The molecule has 21 heavy (non-hydrogen) atoms. The van der Waals surface area contributed by atoms with Crippen LogP contribution in [0.5, 0.6) is 5.75 Å². The lowest BCUT2D eigenvalue weighted by Crippen LogP contribution is -2.10. The Morgan fingerprint density at radius 3 is 2.95 bits per heavy atom. The second-order valence-corrected chi connectivity index (χ2v) is 4.61. The Labute approximate surface area is 120 Å². The summed E-state index contributed by atoms with van der Waals surface area (Å²) in [5.41, 5.74) is 6.59. The number of hydrogen-bond donors (Lipinski definition) is 3. The lowest BCUT2D eigenvalue weighted by Gasteiger charge is -2.05. The number of fused-ring (bicyclic) bond motifs is 1. The van der Waals surface area contributed by atoms with E-state index in [9.17, 15) is 4.79 Å². The van der Waals surface area contributed by atoms with Crippen LogP contribution in [0.4, 0.5) is 5.95 Å². The van der Waals surface area contributed by atoms with Gasteiger partial charge in [0.1, 0.15) is 11.6 Å². The maximum atomic E-state index is 11.8. The molecule has 0 saturated carbocycles. The molecular formula is C14H15N5O2. The van der Waals surface area contributed by atoms with Gasteiger partial charge in [-0.25, -0.2) is 4.98 Å². The number of aromatic nitrogens is 4. The minimum absolute atomic E-state index is 0.0468. The fraction of sp³-hybridized carbons (Fsp3) is 0.214. The zero-order valence-corrected chi connectivity index (χ0v) is 11.5. The van der Waals surface area contributed by atoms with Crippen LogP contribution in [0.15, 0.2) is 29.1 Å². The molecule has 3 rings (SSSR count). The van der Waals surface area contributed by atoms with E-state index in [0.29, 0.717) is 23.6 Å². The first kappa shape index (κ1) is 13.2. The smallest absolute Gasteiger partial charge is 0.278 e. The van der Waals surface area contributed by atoms with Crippen molar-refractivity contribution in [1.82, 2.24) is 19.9 Å². The molecule has 4 N–H and O–H groups in total. The number of aromatic amines is 2. The fourth-order valence-electron chi connectivity index (χ4n) is 2.01. The third-order valence-corrected chi connectivity index (χ3v) is 2.96. The van der Waals surface area contributed by atoms with Gasteiger partial charge in [0.15, 0.2) is 11.2 Å². The molecule has 1 aromatic carbocycles. The van der Waals surface area contributed by atoms with Gasteiger partial charge >= 0.3 is 0 Å². The van der Waals surface area contributed by atoms with E-state index in [1.165, 1.54) is 0 Å². The lowest BCUT2D eigenvalue weighted by atomic mass is 10.2. The van der Waals surface area contributed by atoms with E-state index in [1.54, 1.807) is 0 Å². The quantitative estimate of drug-likeness (QED) is 0.675. The largest absolute Gasteiger partial charge is 0.494 e. The van der Waals surface area contributed by atoms with Gasteiger partial charge in [-0.1, -0.05) is 19.1 Å². The van der Waals surface area contributed by atoms with E-state index >= 15 is 0 Å². The Balaban J connectivity index is 2.04. The number of nitrogens with zero attached hydrogens (tertiary/aromatic N) is 2. The molecule has 108 valence electrons. The molecule has 0 atom stereocenters. The second kappa shape index (κ2) is 5.28. The zero-order chi connectivity index (χ0) is 14.8. The molecule has 0 saturated heterocycles. The predicted molar refractivity (Wildman–Crippen MR) is 80.1 cm³/mol. The molecule has 0 bridgehead atoms. The van der Waals surface area contributed by atoms with Gasteiger partial charge < -0.3 is 15.5 Å². The lowest BCUT2D eigenvalue weighted by molar-refractivity contribution is 0.317. The number of anilines is 1. The first-order valence-electron chi connectivity index (χ1n) is 6.66. The monoisotopic (exact) mass is 285 g/mol. The number of rotatable bonds is 4. The molecule has 3 aromatic rings. The van der Waals surface area contributed by atoms with Gasteiger partial charge in [-0.3, -0.25) is 9.78 Å². The Bertz CT molecular complexity index is 837. The minimum atomic E-state index is -0.338. The number of hydrogen-bond acceptors (Lipinski definition) is 5. The summed E-state index contributed by atoms with van der Waals surface area (Å²) in [6, 6.07) is 7.50. The van der Waals surface area contributed by atoms with Gasteiger partial charge in [-0.05, 0) is 18.6 Å². The second-order valence-electron chi connectivity index (χ2n) is 4.61. The number of imidazole rings is 1. The molecule has 2 heterocycles. The zero-order valence-electron chi connectivity index (χ0n) is 11.5. The van der Waals surface area contributed by atoms with Crippen LogP contribution >= 0.6 is 0 Å². The van der Waals surface area contributed by atoms with Gasteiger partial charge in [0, 0.05) is 5.56 Å². The van der Waals surface area contributed by atoms with Crippen molar-refractivity contribution in [1.29, 1.82) is 0 Å². The summed E-state index contributed by atoms with van der Waals surface area (Å²) in [7, 11) is 0. The van der Waals surface area contributed by atoms with Gasteiger partial charge in [0.2, 0.25) is 5.95 Å². The van der Waals surface area contributed by atoms with E-state index in [1.807, 2.05) is 31.2 Å². The van der Waals surface area contributed by atoms with E-state index in [2.05, 4.69) is 19.9 Å². The highest BCUT2D eigenvalue weighted by atomic mass is 16.5. The molecule has 0 unspecified atom stereocenters. The fourth-order valence-corrected chi connectivity index (χ4v) is 2.01. The van der Waals surface area contributed by atoms with E-state index < -0.39 is 0 Å². The summed E-state index contributed by atoms with van der Waals surface area (Å²) in [4.78, 5) is 25.5. The average molecular weight is 285 g/mol. The molecule has 2 aromatic heterocycles. The van der Waals surface area contributed by atoms with Crippen LogP contribution in [0.3, 0.4) is 0 Å². The topological polar surface area (TPSA) is 110 Å². The average Bonchev–Trinajstić information content (AvgIpc) is 2.89. The third kappa shape index (κ3) is 2.58. The first-order valence-corrected chi connectivity index (χ1v) is 6.66. The molecule has 0 aliphatic heterocycles. The van der Waals surface area contributed by atoms with E-state index in [4.69, 9.17) is 10.5 Å². The number of nitrogen functional groups attached to an aromatic ring is 1. The summed E-state index contributed by atoms with van der Waals surface area (Å²) in [6.45, 7) is 2.70. The number of benzene rings is 1. The molecule has 0 spiro atoms. The maximum Gasteiger partial charge on any atom is 0.278 e. The number of nitrogens with two attached hydrogens (primary N) is 1. The molecule has 0 fully saturated rings. The number of H-pyrrole nitrogens is 2. The molecule has 7 nitrogen and oxygen atoms in total. The van der Waals surface area contributed by atoms with Crippen LogP contribution in [0.1, 0.15) is 13.3 Å². The van der Waals surface area contributed by atoms with Crippen LogP contribution in [-0.4, -0.2) is 26.5 Å². The Kier molecular flexibility index (Phi) is 3.31. The van der Waals surface area contributed by atoms with E-state index in [0.717, 1.165) is 17.7 Å². The first-order chi connectivity index (χ1) is 10.2. The van der Waals surface area contributed by atoms with Crippen molar-refractivity contribution in [3.63, 3.8) is 0 Å². The van der Waals surface area contributed by atoms with Crippen LogP contribution in [0.25, 0.3) is 22.6 Å². The number of nitrogens with one attached hydrogen (secondary N) is 2. The van der Waals surface area contributed by atoms with Crippen molar-refractivity contribution < 1.29 is 4.74 Å².